The number of nitrogens with one attached hydrogen (secondary N) is 1. The van der Waals surface area contributed by atoms with Crippen LogP contribution in [0.2, 0.25) is 0 Å². The number of amides is 1. The van der Waals surface area contributed by atoms with E-state index in [-0.39, 0.29) is 17.7 Å². The molecule has 0 saturated heterocycles. The average molecular weight is 383 g/mol. The summed E-state index contributed by atoms with van der Waals surface area (Å²) in [5.41, 5.74) is 9.07. The third-order valence-electron chi connectivity index (χ3n) is 4.61. The van der Waals surface area contributed by atoms with E-state index < -0.39 is 0 Å². The van der Waals surface area contributed by atoms with Crippen LogP contribution in [-0.2, 0) is 4.79 Å². The van der Waals surface area contributed by atoms with E-state index in [4.69, 9.17) is 10.5 Å². The zero-order valence-electron chi connectivity index (χ0n) is 16.9. The number of hydrogen-bond acceptors (Lipinski definition) is 4. The number of benzene rings is 2. The molecular weight excluding hydrogens is 352 g/mol. The number of hydrogen-bond donors (Lipinski definition) is 2. The van der Waals surface area contributed by atoms with Crippen LogP contribution in [0.15, 0.2) is 48.5 Å². The standard InChI is InChI=1S/C23H30N2O3/c1-16(2)18-9-11-19(12-10-18)22(24)15-25-23(27)8-5-13-28-21-7-4-6-20(14-21)17(3)26/h4,6-7,9-12,14,16,22H,5,8,13,15,24H2,1-3H3,(H,25,27). The van der Waals surface area contributed by atoms with Crippen LogP contribution in [0.4, 0.5) is 0 Å². The molecule has 0 aliphatic carbocycles. The zero-order chi connectivity index (χ0) is 20.5. The molecule has 5 heteroatoms. The molecule has 150 valence electrons. The Hall–Kier alpha value is -2.66. The van der Waals surface area contributed by atoms with Gasteiger partial charge in [-0.2, -0.15) is 0 Å². The van der Waals surface area contributed by atoms with Crippen LogP contribution in [-0.4, -0.2) is 24.8 Å². The highest BCUT2D eigenvalue weighted by Gasteiger charge is 2.09. The number of ketones is 1. The van der Waals surface area contributed by atoms with Gasteiger partial charge in [0, 0.05) is 24.6 Å². The van der Waals surface area contributed by atoms with Crippen molar-refractivity contribution in [2.45, 2.75) is 45.6 Å². The molecular formula is C23H30N2O3. The monoisotopic (exact) mass is 382 g/mol. The molecule has 0 saturated carbocycles. The summed E-state index contributed by atoms with van der Waals surface area (Å²) in [6.45, 7) is 6.64. The molecule has 0 radical (unpaired) electrons. The highest BCUT2D eigenvalue weighted by molar-refractivity contribution is 5.94. The molecule has 3 N–H and O–H groups in total. The smallest absolute Gasteiger partial charge is 0.220 e. The molecule has 0 aliphatic heterocycles. The van der Waals surface area contributed by atoms with Crippen molar-refractivity contribution in [2.24, 2.45) is 5.73 Å². The molecule has 5 nitrogen and oxygen atoms in total. The SMILES string of the molecule is CC(=O)c1cccc(OCCCC(=O)NCC(N)c2ccc(C(C)C)cc2)c1. The van der Waals surface area contributed by atoms with Crippen molar-refractivity contribution >= 4 is 11.7 Å². The third kappa shape index (κ3) is 6.82. The normalized spacial score (nSPS) is 11.9. The van der Waals surface area contributed by atoms with Gasteiger partial charge in [0.1, 0.15) is 5.75 Å². The Morgan fingerprint density at radius 2 is 1.75 bits per heavy atom. The molecule has 0 heterocycles. The van der Waals surface area contributed by atoms with E-state index in [1.54, 1.807) is 24.3 Å². The van der Waals surface area contributed by atoms with E-state index in [0.29, 0.717) is 43.2 Å². The summed E-state index contributed by atoms with van der Waals surface area (Å²) in [6.07, 6.45) is 0.958. The van der Waals surface area contributed by atoms with Gasteiger partial charge in [0.15, 0.2) is 5.78 Å². The second-order valence-corrected chi connectivity index (χ2v) is 7.27. The fourth-order valence-electron chi connectivity index (χ4n) is 2.79. The zero-order valence-corrected chi connectivity index (χ0v) is 16.9. The number of nitrogens with two attached hydrogens (primary N) is 1. The van der Waals surface area contributed by atoms with Crippen LogP contribution in [0.1, 0.15) is 67.1 Å². The maximum absolute atomic E-state index is 12.0. The first-order valence-corrected chi connectivity index (χ1v) is 9.72. The summed E-state index contributed by atoms with van der Waals surface area (Å²) >= 11 is 0. The first kappa shape index (κ1) is 21.6. The fraction of sp³-hybridized carbons (Fsp3) is 0.391. The Labute approximate surface area is 167 Å². The molecule has 2 aromatic rings. The lowest BCUT2D eigenvalue weighted by molar-refractivity contribution is -0.121. The van der Waals surface area contributed by atoms with Gasteiger partial charge in [-0.05, 0) is 42.5 Å². The number of ether oxygens (including phenoxy) is 1. The van der Waals surface area contributed by atoms with Gasteiger partial charge in [-0.15, -0.1) is 0 Å². The predicted molar refractivity (Wildman–Crippen MR) is 112 cm³/mol. The van der Waals surface area contributed by atoms with Crippen molar-refractivity contribution in [1.82, 2.24) is 5.32 Å². The lowest BCUT2D eigenvalue weighted by Gasteiger charge is -2.15. The molecule has 0 aromatic heterocycles. The van der Waals surface area contributed by atoms with Gasteiger partial charge in [-0.1, -0.05) is 50.2 Å². The summed E-state index contributed by atoms with van der Waals surface area (Å²) in [5, 5.41) is 2.88. The second-order valence-electron chi connectivity index (χ2n) is 7.27. The van der Waals surface area contributed by atoms with E-state index in [1.807, 2.05) is 12.1 Å². The minimum Gasteiger partial charge on any atom is -0.494 e. The number of rotatable bonds is 10. The molecule has 2 aromatic carbocycles. The molecule has 2 rings (SSSR count). The summed E-state index contributed by atoms with van der Waals surface area (Å²) in [7, 11) is 0. The lowest BCUT2D eigenvalue weighted by atomic mass is 9.99. The second kappa shape index (κ2) is 10.6. The molecule has 0 spiro atoms. The lowest BCUT2D eigenvalue weighted by Crippen LogP contribution is -2.31. The highest BCUT2D eigenvalue weighted by atomic mass is 16.5. The van der Waals surface area contributed by atoms with Crippen molar-refractivity contribution in [2.75, 3.05) is 13.2 Å². The van der Waals surface area contributed by atoms with Crippen molar-refractivity contribution < 1.29 is 14.3 Å². The van der Waals surface area contributed by atoms with Gasteiger partial charge in [0.05, 0.1) is 6.61 Å². The predicted octanol–water partition coefficient (Wildman–Crippen LogP) is 3.99. The van der Waals surface area contributed by atoms with E-state index >= 15 is 0 Å². The Balaban J connectivity index is 1.68. The first-order valence-electron chi connectivity index (χ1n) is 9.72. The minimum atomic E-state index is -0.226. The van der Waals surface area contributed by atoms with Gasteiger partial charge in [0.2, 0.25) is 5.91 Å². The Morgan fingerprint density at radius 3 is 2.39 bits per heavy atom. The van der Waals surface area contributed by atoms with Gasteiger partial charge in [0.25, 0.3) is 0 Å². The Morgan fingerprint density at radius 1 is 1.07 bits per heavy atom. The van der Waals surface area contributed by atoms with Crippen molar-refractivity contribution in [3.8, 4) is 5.75 Å². The minimum absolute atomic E-state index is 0.0000114. The maximum Gasteiger partial charge on any atom is 0.220 e. The van der Waals surface area contributed by atoms with Gasteiger partial charge < -0.3 is 15.8 Å². The first-order chi connectivity index (χ1) is 13.4. The molecule has 0 fully saturated rings. The molecule has 0 bridgehead atoms. The largest absolute Gasteiger partial charge is 0.494 e. The van der Waals surface area contributed by atoms with Crippen LogP contribution in [0.25, 0.3) is 0 Å². The molecule has 1 unspecified atom stereocenters. The van der Waals surface area contributed by atoms with Crippen LogP contribution < -0.4 is 15.8 Å². The van der Waals surface area contributed by atoms with E-state index in [1.165, 1.54) is 12.5 Å². The molecule has 1 amide bonds. The van der Waals surface area contributed by atoms with Crippen molar-refractivity contribution in [3.63, 3.8) is 0 Å². The number of carbonyl (C=O) groups is 2. The third-order valence-corrected chi connectivity index (χ3v) is 4.61. The Kier molecular flexibility index (Phi) is 8.20. The van der Waals surface area contributed by atoms with Crippen molar-refractivity contribution in [1.29, 1.82) is 0 Å². The summed E-state index contributed by atoms with van der Waals surface area (Å²) < 4.78 is 5.62. The summed E-state index contributed by atoms with van der Waals surface area (Å²) in [5.74, 6) is 1.08. The van der Waals surface area contributed by atoms with Gasteiger partial charge in [-0.25, -0.2) is 0 Å². The summed E-state index contributed by atoms with van der Waals surface area (Å²) in [6, 6.07) is 15.0. The quantitative estimate of drug-likeness (QED) is 0.481. The Bertz CT molecular complexity index is 785. The highest BCUT2D eigenvalue weighted by Crippen LogP contribution is 2.17. The van der Waals surface area contributed by atoms with Crippen molar-refractivity contribution in [3.05, 3.63) is 65.2 Å². The van der Waals surface area contributed by atoms with Gasteiger partial charge >= 0.3 is 0 Å². The summed E-state index contributed by atoms with van der Waals surface area (Å²) in [4.78, 5) is 23.4. The van der Waals surface area contributed by atoms with Gasteiger partial charge in [-0.3, -0.25) is 9.59 Å². The van der Waals surface area contributed by atoms with E-state index in [2.05, 4.69) is 31.3 Å². The van der Waals surface area contributed by atoms with Crippen LogP contribution >= 0.6 is 0 Å². The number of carbonyl (C=O) groups excluding carboxylic acids is 2. The van der Waals surface area contributed by atoms with E-state index in [9.17, 15) is 9.59 Å². The molecule has 1 atom stereocenters. The number of Topliss-reactive ketones (excluding diaryl/α,β-unsaturated/α-hetero) is 1. The average Bonchev–Trinajstić information content (AvgIpc) is 2.69. The topological polar surface area (TPSA) is 81.4 Å². The molecule has 28 heavy (non-hydrogen) atoms. The van der Waals surface area contributed by atoms with Crippen LogP contribution in [0.3, 0.4) is 0 Å². The maximum atomic E-state index is 12.0. The van der Waals surface area contributed by atoms with Crippen LogP contribution in [0, 0.1) is 0 Å². The van der Waals surface area contributed by atoms with E-state index in [0.717, 1.165) is 5.56 Å². The fourth-order valence-corrected chi connectivity index (χ4v) is 2.79. The molecule has 0 aliphatic rings. The van der Waals surface area contributed by atoms with Crippen LogP contribution in [0.5, 0.6) is 5.75 Å².